The average Bonchev–Trinajstić information content (AvgIpc) is 3.95. The number of ether oxygens (including phenoxy) is 1. The predicted octanol–water partition coefficient (Wildman–Crippen LogP) is 2.38. The molecule has 9 atom stereocenters. The number of nitrogens with zero attached hydrogens (tertiary/aromatic N) is 1. The zero-order valence-electron chi connectivity index (χ0n) is 47.4. The number of carbonyl (C=O) groups excluding carboxylic acids is 9. The van der Waals surface area contributed by atoms with E-state index < -0.39 is 66.0 Å². The number of nitrogens with one attached hydrogen (secondary N) is 9. The Morgan fingerprint density at radius 3 is 1.60 bits per heavy atom. The zero-order chi connectivity index (χ0) is 57.1. The first-order chi connectivity index (χ1) is 36.5. The first-order valence-electron chi connectivity index (χ1n) is 28.4. The lowest BCUT2D eigenvalue weighted by molar-refractivity contribution is -0.138. The topological polar surface area (TPSA) is 318 Å². The summed E-state index contributed by atoms with van der Waals surface area (Å²) in [7, 11) is 1.59. The van der Waals surface area contributed by atoms with Gasteiger partial charge in [0.1, 0.15) is 18.1 Å². The number of rotatable bonds is 41. The van der Waals surface area contributed by atoms with Crippen LogP contribution in [0, 0.1) is 17.8 Å². The molecule has 11 N–H and O–H groups in total. The monoisotopic (exact) mass is 1110 g/mol. The van der Waals surface area contributed by atoms with E-state index in [1.807, 2.05) is 53.3 Å². The third-order valence-corrected chi connectivity index (χ3v) is 15.5. The number of thioether (sulfide) groups is 1. The van der Waals surface area contributed by atoms with E-state index in [1.165, 1.54) is 11.9 Å². The molecule has 0 aromatic rings. The minimum atomic E-state index is -1.47. The van der Waals surface area contributed by atoms with Crippen molar-refractivity contribution in [3.8, 4) is 0 Å². The van der Waals surface area contributed by atoms with Gasteiger partial charge in [-0.25, -0.2) is 9.80 Å². The van der Waals surface area contributed by atoms with Crippen molar-refractivity contribution in [1.82, 2.24) is 53.0 Å². The van der Waals surface area contributed by atoms with Crippen LogP contribution in [0.15, 0.2) is 0 Å². The number of hydrogen-bond donors (Lipinski definition) is 11. The fourth-order valence-corrected chi connectivity index (χ4v) is 11.1. The van der Waals surface area contributed by atoms with Crippen LogP contribution in [0.5, 0.6) is 0 Å². The molecule has 22 nitrogen and oxygen atoms in total. The molecule has 77 heavy (non-hydrogen) atoms. The van der Waals surface area contributed by atoms with Crippen LogP contribution in [0.4, 0.5) is 4.79 Å². The van der Waals surface area contributed by atoms with Gasteiger partial charge in [-0.2, -0.15) is 11.8 Å². The summed E-state index contributed by atoms with van der Waals surface area (Å²) in [6, 6.07) is -4.14. The number of aliphatic hydroxyl groups excluding tert-OH is 2. The lowest BCUT2D eigenvalue weighted by atomic mass is 9.92. The summed E-state index contributed by atoms with van der Waals surface area (Å²) in [6.45, 7) is 13.8. The molecule has 0 unspecified atom stereocenters. The van der Waals surface area contributed by atoms with Gasteiger partial charge in [-0.05, 0) is 95.3 Å². The Morgan fingerprint density at radius 2 is 1.12 bits per heavy atom. The number of ketones is 1. The van der Waals surface area contributed by atoms with E-state index in [9.17, 15) is 53.4 Å². The Hall–Kier alpha value is -4.58. The highest BCUT2D eigenvalue weighted by Crippen LogP contribution is 2.33. The Balaban J connectivity index is 1.25. The van der Waals surface area contributed by atoms with Crippen molar-refractivity contribution in [3.05, 3.63) is 0 Å². The van der Waals surface area contributed by atoms with Crippen LogP contribution >= 0.6 is 11.8 Å². The van der Waals surface area contributed by atoms with Gasteiger partial charge >= 0.3 is 6.03 Å². The number of amides is 9. The highest BCUT2D eigenvalue weighted by molar-refractivity contribution is 8.00. The Bertz CT molecular complexity index is 1910. The second-order valence-electron chi connectivity index (χ2n) is 22.6. The average molecular weight is 1110 g/mol. The smallest absolute Gasteiger partial charge is 0.315 e. The molecule has 3 aliphatic rings. The zero-order valence-corrected chi connectivity index (χ0v) is 48.2. The minimum absolute atomic E-state index is 0.00491. The van der Waals surface area contributed by atoms with Gasteiger partial charge in [0, 0.05) is 63.4 Å². The van der Waals surface area contributed by atoms with E-state index in [0.717, 1.165) is 57.1 Å². The summed E-state index contributed by atoms with van der Waals surface area (Å²) < 4.78 is 5.23. The van der Waals surface area contributed by atoms with Crippen LogP contribution in [0.25, 0.3) is 0 Å². The minimum Gasteiger partial charge on any atom is -0.393 e. The third kappa shape index (κ3) is 25.4. The Kier molecular flexibility index (Phi) is 30.4. The van der Waals surface area contributed by atoms with Crippen LogP contribution in [-0.2, 0) is 43.1 Å². The van der Waals surface area contributed by atoms with E-state index in [-0.39, 0.29) is 85.4 Å². The summed E-state index contributed by atoms with van der Waals surface area (Å²) in [6.07, 6.45) is 10.3. The molecule has 23 heteroatoms. The number of carbonyl (C=O) groups is 9. The number of likely N-dealkylation sites (N-methyl/N-ethyl adjacent to an activating group) is 1. The van der Waals surface area contributed by atoms with Crippen LogP contribution < -0.4 is 48.0 Å². The maximum absolute atomic E-state index is 13.9. The summed E-state index contributed by atoms with van der Waals surface area (Å²) in [5, 5.41) is 45.1. The fraction of sp³-hybridized carbons (Fsp3) is 0.833. The molecular formula is C54H96N10O12S. The van der Waals surface area contributed by atoms with Crippen LogP contribution in [0.3, 0.4) is 0 Å². The van der Waals surface area contributed by atoms with E-state index in [4.69, 9.17) is 4.74 Å². The van der Waals surface area contributed by atoms with Gasteiger partial charge in [-0.1, -0.05) is 67.2 Å². The third-order valence-electron chi connectivity index (χ3n) is 14.0. The first kappa shape index (κ1) is 66.7. The highest BCUT2D eigenvalue weighted by atomic mass is 32.2. The van der Waals surface area contributed by atoms with Crippen molar-refractivity contribution < 1.29 is 58.1 Å². The number of hydrogen-bond acceptors (Lipinski definition) is 14. The summed E-state index contributed by atoms with van der Waals surface area (Å²) >= 11 is 1.89. The molecule has 440 valence electrons. The van der Waals surface area contributed by atoms with Crippen molar-refractivity contribution in [2.75, 3.05) is 45.6 Å². The first-order valence-corrected chi connectivity index (χ1v) is 29.5. The lowest BCUT2D eigenvalue weighted by Gasteiger charge is -2.31. The molecule has 0 bridgehead atoms. The van der Waals surface area contributed by atoms with E-state index >= 15 is 0 Å². The van der Waals surface area contributed by atoms with Crippen molar-refractivity contribution in [3.63, 3.8) is 0 Å². The molecule has 0 aliphatic carbocycles. The Labute approximate surface area is 461 Å². The van der Waals surface area contributed by atoms with Crippen molar-refractivity contribution >= 4 is 64.9 Å². The quantitative estimate of drug-likeness (QED) is 0.0181. The van der Waals surface area contributed by atoms with Crippen molar-refractivity contribution in [1.29, 1.82) is 0 Å². The molecule has 3 aliphatic heterocycles. The van der Waals surface area contributed by atoms with E-state index in [1.54, 1.807) is 7.05 Å². The standard InChI is InChI=1S/C54H96N10O12S/c1-34(2)28-38(49(71)54(32-65)33-76-54)58-52(74)47(37(7)66)61-50(72)39(29-35(3)4)59-51(73)41(30-36(5)6)64(8)63-46(70)24-14-11-19-27-56-44(68)22-12-9-17-25-55-43(67)21-13-10-18-26-57-45(69)23-16-15-20-42-48-40(31-77-42)60-53(75)62-48/h34-42,47-48,65-66H,9-33H2,1-8H3,(H,55,67)(H,56,68)(H,57,69)(H,58,74)(H,59,73)(H,61,72)(H,63,70)(H2,60,62,75)/t37-,38+,39+,40+,41+,42+,47+,48+,54-/m1/s1. The lowest BCUT2D eigenvalue weighted by Crippen LogP contribution is -2.61. The summed E-state index contributed by atoms with van der Waals surface area (Å²) in [4.78, 5) is 116. The molecule has 3 rings (SSSR count). The van der Waals surface area contributed by atoms with Crippen LogP contribution in [0.2, 0.25) is 0 Å². The number of unbranched alkanes of at least 4 members (excludes halogenated alkanes) is 7. The second-order valence-corrected chi connectivity index (χ2v) is 23.8. The van der Waals surface area contributed by atoms with Gasteiger partial charge in [0.15, 0.2) is 11.4 Å². The SMILES string of the molecule is CC(C)C[C@H](NC(=O)[C@H](CC(C)C)N(C)NC(=O)CCCCCNC(=O)CCCCCNC(=O)CCCCCNC(=O)CCCC[C@@H]1SC[C@@H]2NC(=O)N[C@@H]21)C(=O)N[C@H](C(=O)N[C@@H](CC(C)C)C(=O)[C@@]1(CO)CO1)[C@@H](C)O. The molecule has 0 spiro atoms. The number of urea groups is 1. The van der Waals surface area contributed by atoms with Crippen molar-refractivity contribution in [2.24, 2.45) is 17.8 Å². The predicted molar refractivity (Wildman–Crippen MR) is 295 cm³/mol. The van der Waals surface area contributed by atoms with Gasteiger partial charge < -0.3 is 57.5 Å². The Morgan fingerprint density at radius 1 is 0.636 bits per heavy atom. The highest BCUT2D eigenvalue weighted by Gasteiger charge is 2.54. The van der Waals surface area contributed by atoms with Gasteiger partial charge in [0.05, 0.1) is 37.4 Å². The second kappa shape index (κ2) is 35.1. The number of hydrazine groups is 1. The molecule has 3 saturated heterocycles. The van der Waals surface area contributed by atoms with Gasteiger partial charge in [-0.3, -0.25) is 43.8 Å². The molecular weight excluding hydrogens is 1010 g/mol. The number of Topliss-reactive ketones (excluding diaryl/α,β-unsaturated/α-hetero) is 1. The number of epoxide rings is 1. The summed E-state index contributed by atoms with van der Waals surface area (Å²) in [5.74, 6) is -1.92. The number of fused-ring (bicyclic) bond motifs is 1. The molecule has 9 amide bonds. The van der Waals surface area contributed by atoms with Gasteiger partial charge in [-0.15, -0.1) is 0 Å². The fourth-order valence-electron chi connectivity index (χ4n) is 9.51. The molecule has 0 aromatic carbocycles. The van der Waals surface area contributed by atoms with Crippen LogP contribution in [-0.4, -0.2) is 167 Å². The van der Waals surface area contributed by atoms with Gasteiger partial charge in [0.25, 0.3) is 0 Å². The summed E-state index contributed by atoms with van der Waals surface area (Å²) in [5.41, 5.74) is 1.42. The van der Waals surface area contributed by atoms with E-state index in [2.05, 4.69) is 48.0 Å². The molecule has 0 saturated carbocycles. The van der Waals surface area contributed by atoms with Gasteiger partial charge in [0.2, 0.25) is 41.4 Å². The van der Waals surface area contributed by atoms with Crippen molar-refractivity contribution in [2.45, 2.75) is 224 Å². The number of aliphatic hydroxyl groups is 2. The normalized spacial score (nSPS) is 20.5. The molecule has 0 aromatic heterocycles. The molecule has 3 heterocycles. The van der Waals surface area contributed by atoms with Crippen LogP contribution in [0.1, 0.15) is 170 Å². The molecule has 3 fully saturated rings. The largest absolute Gasteiger partial charge is 0.393 e. The van der Waals surface area contributed by atoms with E-state index in [0.29, 0.717) is 76.3 Å². The molecule has 0 radical (unpaired) electrons. The maximum Gasteiger partial charge on any atom is 0.315 e. The maximum atomic E-state index is 13.9.